The summed E-state index contributed by atoms with van der Waals surface area (Å²) in [4.78, 5) is 17.2. The Bertz CT molecular complexity index is 852. The molecule has 0 atom stereocenters. The van der Waals surface area contributed by atoms with Gasteiger partial charge in [0.15, 0.2) is 5.17 Å². The van der Waals surface area contributed by atoms with Crippen molar-refractivity contribution in [1.29, 1.82) is 0 Å². The molecule has 0 radical (unpaired) electrons. The molecule has 23 heavy (non-hydrogen) atoms. The van der Waals surface area contributed by atoms with Gasteiger partial charge in [-0.05, 0) is 61.5 Å². The van der Waals surface area contributed by atoms with Crippen molar-refractivity contribution in [2.45, 2.75) is 13.8 Å². The molecule has 118 valence electrons. The second-order valence-corrected chi connectivity index (χ2v) is 6.81. The molecule has 0 unspecified atom stereocenters. The third-order valence-corrected chi connectivity index (χ3v) is 4.94. The summed E-state index contributed by atoms with van der Waals surface area (Å²) in [5.74, 6) is -0.128. The quantitative estimate of drug-likeness (QED) is 0.830. The van der Waals surface area contributed by atoms with Crippen molar-refractivity contribution < 1.29 is 4.79 Å². The van der Waals surface area contributed by atoms with Gasteiger partial charge in [-0.25, -0.2) is 4.99 Å². The number of carbonyl (C=O) groups excluding carboxylic acids is 1. The summed E-state index contributed by atoms with van der Waals surface area (Å²) in [7, 11) is 2.01. The number of carbonyl (C=O) groups is 1. The predicted molar refractivity (Wildman–Crippen MR) is 97.1 cm³/mol. The lowest BCUT2D eigenvalue weighted by Crippen LogP contribution is -2.19. The summed E-state index contributed by atoms with van der Waals surface area (Å²) in [6.45, 7) is 4.08. The molecule has 1 aliphatic heterocycles. The monoisotopic (exact) mass is 345 g/mol. The topological polar surface area (TPSA) is 46.4 Å². The third-order valence-electron chi connectivity index (χ3n) is 3.79. The average Bonchev–Trinajstić information content (AvgIpc) is 2.95. The van der Waals surface area contributed by atoms with E-state index in [-0.39, 0.29) is 5.91 Å². The molecule has 2 aromatic rings. The number of amidine groups is 1. The lowest BCUT2D eigenvalue weighted by Gasteiger charge is -1.99. The molecule has 1 saturated heterocycles. The number of aromatic nitrogens is 1. The van der Waals surface area contributed by atoms with Crippen LogP contribution in [0.1, 0.15) is 17.0 Å². The summed E-state index contributed by atoms with van der Waals surface area (Å²) in [6.07, 6.45) is 1.91. The van der Waals surface area contributed by atoms with E-state index in [2.05, 4.69) is 20.9 Å². The van der Waals surface area contributed by atoms with Crippen LogP contribution in [0.25, 0.3) is 6.08 Å². The number of hydrogen-bond acceptors (Lipinski definition) is 3. The lowest BCUT2D eigenvalue weighted by atomic mass is 10.2. The highest BCUT2D eigenvalue weighted by atomic mass is 35.5. The highest BCUT2D eigenvalue weighted by Gasteiger charge is 2.24. The number of hydrogen-bond donors (Lipinski definition) is 1. The van der Waals surface area contributed by atoms with Gasteiger partial charge < -0.3 is 9.88 Å². The van der Waals surface area contributed by atoms with Crippen LogP contribution in [0.3, 0.4) is 0 Å². The van der Waals surface area contributed by atoms with Gasteiger partial charge in [0.05, 0.1) is 10.6 Å². The highest BCUT2D eigenvalue weighted by molar-refractivity contribution is 8.18. The van der Waals surface area contributed by atoms with Gasteiger partial charge >= 0.3 is 0 Å². The molecule has 0 bridgehead atoms. The van der Waals surface area contributed by atoms with Gasteiger partial charge in [-0.1, -0.05) is 17.7 Å². The summed E-state index contributed by atoms with van der Waals surface area (Å²) < 4.78 is 2.10. The van der Waals surface area contributed by atoms with E-state index in [0.29, 0.717) is 20.8 Å². The second kappa shape index (κ2) is 6.26. The van der Waals surface area contributed by atoms with Gasteiger partial charge in [0, 0.05) is 23.5 Å². The molecule has 6 heteroatoms. The Morgan fingerprint density at radius 3 is 2.74 bits per heavy atom. The normalized spacial score (nSPS) is 18.0. The fourth-order valence-corrected chi connectivity index (χ4v) is 3.33. The van der Waals surface area contributed by atoms with Gasteiger partial charge in [0.2, 0.25) is 0 Å². The fraction of sp³-hybridized carbons (Fsp3) is 0.176. The Kier molecular flexibility index (Phi) is 4.33. The Balaban J connectivity index is 1.88. The van der Waals surface area contributed by atoms with Crippen molar-refractivity contribution in [1.82, 2.24) is 9.88 Å². The Hall–Kier alpha value is -1.98. The number of nitrogens with zero attached hydrogens (tertiary/aromatic N) is 2. The van der Waals surface area contributed by atoms with Gasteiger partial charge in [-0.2, -0.15) is 0 Å². The minimum absolute atomic E-state index is 0.128. The average molecular weight is 346 g/mol. The van der Waals surface area contributed by atoms with E-state index in [1.807, 2.05) is 39.1 Å². The molecule has 1 N–H and O–H groups in total. The van der Waals surface area contributed by atoms with Gasteiger partial charge in [0.25, 0.3) is 5.91 Å². The first-order valence-electron chi connectivity index (χ1n) is 7.12. The van der Waals surface area contributed by atoms with Crippen molar-refractivity contribution in [2.75, 3.05) is 0 Å². The summed E-state index contributed by atoms with van der Waals surface area (Å²) in [5, 5.41) is 3.97. The second-order valence-electron chi connectivity index (χ2n) is 5.35. The molecule has 0 saturated carbocycles. The van der Waals surface area contributed by atoms with Crippen LogP contribution in [0.2, 0.25) is 5.02 Å². The van der Waals surface area contributed by atoms with Crippen molar-refractivity contribution in [2.24, 2.45) is 12.0 Å². The van der Waals surface area contributed by atoms with Gasteiger partial charge in [0.1, 0.15) is 0 Å². The highest BCUT2D eigenvalue weighted by Crippen LogP contribution is 2.29. The van der Waals surface area contributed by atoms with E-state index in [9.17, 15) is 4.79 Å². The zero-order chi connectivity index (χ0) is 16.6. The number of amides is 1. The van der Waals surface area contributed by atoms with Crippen LogP contribution >= 0.6 is 23.4 Å². The lowest BCUT2D eigenvalue weighted by molar-refractivity contribution is -0.115. The zero-order valence-corrected chi connectivity index (χ0v) is 14.6. The maximum absolute atomic E-state index is 12.1. The van der Waals surface area contributed by atoms with Crippen LogP contribution in [-0.2, 0) is 11.8 Å². The summed E-state index contributed by atoms with van der Waals surface area (Å²) in [5.41, 5.74) is 4.05. The van der Waals surface area contributed by atoms with Gasteiger partial charge in [-0.15, -0.1) is 0 Å². The Labute approximate surface area is 144 Å². The minimum atomic E-state index is -0.128. The first-order chi connectivity index (χ1) is 10.9. The summed E-state index contributed by atoms with van der Waals surface area (Å²) in [6, 6.07) is 9.29. The molecular weight excluding hydrogens is 330 g/mol. The number of nitrogens with one attached hydrogen (secondary N) is 1. The standard InChI is InChI=1S/C17H16ClN3OS/c1-10-7-12(11(2)21(10)3)8-15-16(22)20-17(23-15)19-14-6-4-5-13(18)9-14/h4-9H,1-3H3,(H,19,20,22)/b15-8-. The van der Waals surface area contributed by atoms with Crippen molar-refractivity contribution >= 4 is 46.2 Å². The van der Waals surface area contributed by atoms with E-state index < -0.39 is 0 Å². The van der Waals surface area contributed by atoms with Crippen LogP contribution in [-0.4, -0.2) is 15.6 Å². The SMILES string of the molecule is Cc1cc(/C=C2\SC(=Nc3cccc(Cl)c3)NC2=O)c(C)n1C. The fourth-order valence-electron chi connectivity index (χ4n) is 2.32. The number of aliphatic imine (C=N–C) groups is 1. The molecule has 0 aliphatic carbocycles. The number of rotatable bonds is 2. The molecule has 1 fully saturated rings. The van der Waals surface area contributed by atoms with Gasteiger partial charge in [-0.3, -0.25) is 4.79 Å². The van der Waals surface area contributed by atoms with Crippen LogP contribution < -0.4 is 5.32 Å². The molecule has 1 aromatic carbocycles. The van der Waals surface area contributed by atoms with Crippen molar-refractivity contribution in [3.8, 4) is 0 Å². The third kappa shape index (κ3) is 3.35. The number of benzene rings is 1. The van der Waals surface area contributed by atoms with E-state index >= 15 is 0 Å². The maximum Gasteiger partial charge on any atom is 0.264 e. The van der Waals surface area contributed by atoms with E-state index in [1.54, 1.807) is 12.1 Å². The van der Waals surface area contributed by atoms with Crippen molar-refractivity contribution in [3.63, 3.8) is 0 Å². The molecule has 0 spiro atoms. The molecule has 2 heterocycles. The Morgan fingerprint density at radius 1 is 1.30 bits per heavy atom. The smallest absolute Gasteiger partial charge is 0.264 e. The summed E-state index contributed by atoms with van der Waals surface area (Å²) >= 11 is 7.29. The van der Waals surface area contributed by atoms with E-state index in [4.69, 9.17) is 11.6 Å². The molecule has 1 aromatic heterocycles. The first kappa shape index (κ1) is 15.9. The maximum atomic E-state index is 12.1. The number of thioether (sulfide) groups is 1. The molecule has 1 amide bonds. The van der Waals surface area contributed by atoms with Crippen molar-refractivity contribution in [3.05, 3.63) is 57.2 Å². The zero-order valence-electron chi connectivity index (χ0n) is 13.1. The largest absolute Gasteiger partial charge is 0.352 e. The first-order valence-corrected chi connectivity index (χ1v) is 8.31. The number of halogens is 1. The molecule has 4 nitrogen and oxygen atoms in total. The predicted octanol–water partition coefficient (Wildman–Crippen LogP) is 4.19. The molecule has 1 aliphatic rings. The van der Waals surface area contributed by atoms with E-state index in [1.165, 1.54) is 11.8 Å². The van der Waals surface area contributed by atoms with Crippen LogP contribution in [0.5, 0.6) is 0 Å². The van der Waals surface area contributed by atoms with Crippen LogP contribution in [0, 0.1) is 13.8 Å². The van der Waals surface area contributed by atoms with Crippen LogP contribution in [0.15, 0.2) is 40.2 Å². The van der Waals surface area contributed by atoms with Crippen LogP contribution in [0.4, 0.5) is 5.69 Å². The Morgan fingerprint density at radius 2 is 2.09 bits per heavy atom. The van der Waals surface area contributed by atoms with E-state index in [0.717, 1.165) is 17.0 Å². The molecule has 3 rings (SSSR count). The molecular formula is C17H16ClN3OS. The minimum Gasteiger partial charge on any atom is -0.352 e. The number of aryl methyl sites for hydroxylation is 1.